The number of para-hydroxylation sites is 1. The lowest BCUT2D eigenvalue weighted by molar-refractivity contribution is -0.545. The average molecular weight is 451 g/mol. The SMILES string of the molecule is Cc1ccccc1N1CC(C)C[N+]2=C1N=C1C2C(=O)N(Cc2ccc(Cl)cc2)C(=O)N1C. The topological polar surface area (TPSA) is 59.2 Å². The minimum absolute atomic E-state index is 0.198. The van der Waals surface area contributed by atoms with E-state index in [1.165, 1.54) is 9.80 Å². The van der Waals surface area contributed by atoms with Crippen LogP contribution < -0.4 is 4.90 Å². The molecule has 0 N–H and O–H groups in total. The van der Waals surface area contributed by atoms with Crippen LogP contribution in [-0.2, 0) is 11.3 Å². The third-order valence-electron chi connectivity index (χ3n) is 6.29. The highest BCUT2D eigenvalue weighted by Crippen LogP contribution is 2.30. The molecule has 0 spiro atoms. The lowest BCUT2D eigenvalue weighted by Crippen LogP contribution is -2.63. The van der Waals surface area contributed by atoms with Crippen molar-refractivity contribution in [1.82, 2.24) is 9.80 Å². The Morgan fingerprint density at radius 3 is 2.56 bits per heavy atom. The number of benzene rings is 2. The first kappa shape index (κ1) is 20.7. The fourth-order valence-electron chi connectivity index (χ4n) is 4.69. The van der Waals surface area contributed by atoms with Crippen LogP contribution in [0.25, 0.3) is 0 Å². The smallest absolute Gasteiger partial charge is 0.270 e. The second-order valence-corrected chi connectivity index (χ2v) is 9.16. The van der Waals surface area contributed by atoms with E-state index >= 15 is 0 Å². The molecule has 32 heavy (non-hydrogen) atoms. The van der Waals surface area contributed by atoms with Crippen LogP contribution in [0.15, 0.2) is 53.5 Å². The molecule has 2 atom stereocenters. The summed E-state index contributed by atoms with van der Waals surface area (Å²) in [6, 6.07) is 14.4. The van der Waals surface area contributed by atoms with Crippen LogP contribution in [0, 0.1) is 12.8 Å². The molecule has 164 valence electrons. The van der Waals surface area contributed by atoms with Gasteiger partial charge in [-0.2, -0.15) is 0 Å². The zero-order valence-corrected chi connectivity index (χ0v) is 19.1. The molecule has 1 saturated heterocycles. The number of carbonyl (C=O) groups is 2. The summed E-state index contributed by atoms with van der Waals surface area (Å²) in [5, 5.41) is 0.616. The normalized spacial score (nSPS) is 22.9. The molecular formula is C24H25ClN5O2+. The highest BCUT2D eigenvalue weighted by atomic mass is 35.5. The van der Waals surface area contributed by atoms with E-state index in [0.29, 0.717) is 23.3 Å². The van der Waals surface area contributed by atoms with E-state index in [9.17, 15) is 9.59 Å². The van der Waals surface area contributed by atoms with E-state index in [4.69, 9.17) is 16.6 Å². The third-order valence-corrected chi connectivity index (χ3v) is 6.55. The number of fused-ring (bicyclic) bond motifs is 2. The number of rotatable bonds is 3. The number of aryl methyl sites for hydroxylation is 1. The van der Waals surface area contributed by atoms with Gasteiger partial charge in [0, 0.05) is 18.0 Å². The number of halogens is 1. The molecule has 0 saturated carbocycles. The molecule has 0 aromatic heterocycles. The van der Waals surface area contributed by atoms with Gasteiger partial charge in [-0.1, -0.05) is 53.8 Å². The minimum Gasteiger partial charge on any atom is -0.270 e. The Kier molecular flexibility index (Phi) is 5.01. The van der Waals surface area contributed by atoms with Crippen molar-refractivity contribution in [2.45, 2.75) is 26.4 Å². The number of carbonyl (C=O) groups excluding carboxylic acids is 2. The van der Waals surface area contributed by atoms with E-state index in [1.54, 1.807) is 19.2 Å². The van der Waals surface area contributed by atoms with Crippen LogP contribution in [0.1, 0.15) is 18.1 Å². The van der Waals surface area contributed by atoms with Crippen LogP contribution in [0.3, 0.4) is 0 Å². The zero-order valence-electron chi connectivity index (χ0n) is 18.3. The summed E-state index contributed by atoms with van der Waals surface area (Å²) < 4.78 is 2.05. The summed E-state index contributed by atoms with van der Waals surface area (Å²) in [5.41, 5.74) is 3.06. The lowest BCUT2D eigenvalue weighted by Gasteiger charge is -2.35. The van der Waals surface area contributed by atoms with E-state index in [0.717, 1.165) is 29.3 Å². The number of aliphatic imine (C=N–C) groups is 1. The summed E-state index contributed by atoms with van der Waals surface area (Å²) in [4.78, 5) is 36.5. The summed E-state index contributed by atoms with van der Waals surface area (Å²) >= 11 is 5.99. The zero-order chi connectivity index (χ0) is 22.6. The second-order valence-electron chi connectivity index (χ2n) is 8.72. The largest absolute Gasteiger partial charge is 0.397 e. The molecule has 2 aromatic carbocycles. The number of hydrogen-bond donors (Lipinski definition) is 0. The number of anilines is 1. The fourth-order valence-corrected chi connectivity index (χ4v) is 4.81. The van der Waals surface area contributed by atoms with E-state index in [1.807, 2.05) is 24.3 Å². The lowest BCUT2D eigenvalue weighted by atomic mass is 10.1. The monoisotopic (exact) mass is 450 g/mol. The first-order valence-electron chi connectivity index (χ1n) is 10.7. The molecule has 3 aliphatic rings. The van der Waals surface area contributed by atoms with Gasteiger partial charge in [0.25, 0.3) is 5.91 Å². The fraction of sp³-hybridized carbons (Fsp3) is 0.333. The number of likely N-dealkylation sites (N-methyl/N-ethyl adjacent to an activating group) is 1. The van der Waals surface area contributed by atoms with Gasteiger partial charge in [0.1, 0.15) is 5.69 Å². The van der Waals surface area contributed by atoms with Gasteiger partial charge in [-0.05, 0) is 36.2 Å². The Labute approximate surface area is 192 Å². The standard InChI is InChI=1S/C24H25ClN5O2/c1-15-12-28(19-7-5-4-6-16(19)2)23-26-21-20(29(23)13-15)22(31)30(24(32)27(21)3)14-17-8-10-18(25)11-9-17/h4-11,15,20H,12-14H2,1-3H3/q+1. The van der Waals surface area contributed by atoms with Crippen LogP contribution in [-0.4, -0.2) is 64.3 Å². The van der Waals surface area contributed by atoms with Gasteiger partial charge in [-0.15, -0.1) is 0 Å². The van der Waals surface area contributed by atoms with Gasteiger partial charge >= 0.3 is 12.0 Å². The Morgan fingerprint density at radius 2 is 1.84 bits per heavy atom. The Bertz CT molecular complexity index is 1170. The highest BCUT2D eigenvalue weighted by Gasteiger charge is 2.55. The molecule has 0 radical (unpaired) electrons. The maximum absolute atomic E-state index is 13.6. The van der Waals surface area contributed by atoms with Crippen molar-refractivity contribution in [2.75, 3.05) is 25.0 Å². The quantitative estimate of drug-likeness (QED) is 0.674. The number of guanidine groups is 1. The van der Waals surface area contributed by atoms with E-state index < -0.39 is 6.04 Å². The van der Waals surface area contributed by atoms with Crippen LogP contribution in [0.4, 0.5) is 10.5 Å². The second kappa shape index (κ2) is 7.74. The average Bonchev–Trinajstić information content (AvgIpc) is 3.16. The minimum atomic E-state index is -0.603. The van der Waals surface area contributed by atoms with Crippen LogP contribution in [0.2, 0.25) is 5.02 Å². The molecule has 7 nitrogen and oxygen atoms in total. The number of nitrogens with zero attached hydrogens (tertiary/aromatic N) is 5. The Hall–Kier alpha value is -3.19. The summed E-state index contributed by atoms with van der Waals surface area (Å²) in [6.07, 6.45) is 0. The predicted molar refractivity (Wildman–Crippen MR) is 124 cm³/mol. The van der Waals surface area contributed by atoms with E-state index in [2.05, 4.69) is 35.5 Å². The molecule has 3 heterocycles. The van der Waals surface area contributed by atoms with Crippen molar-refractivity contribution in [3.63, 3.8) is 0 Å². The third kappa shape index (κ3) is 3.28. The Balaban J connectivity index is 1.53. The van der Waals surface area contributed by atoms with Gasteiger partial charge in [-0.25, -0.2) is 14.3 Å². The maximum atomic E-state index is 13.6. The van der Waals surface area contributed by atoms with Crippen LogP contribution >= 0.6 is 11.6 Å². The Morgan fingerprint density at radius 1 is 1.12 bits per heavy atom. The van der Waals surface area contributed by atoms with Crippen molar-refractivity contribution in [1.29, 1.82) is 0 Å². The summed E-state index contributed by atoms with van der Waals surface area (Å²) in [7, 11) is 1.69. The van der Waals surface area contributed by atoms with Gasteiger partial charge in [0.2, 0.25) is 11.9 Å². The van der Waals surface area contributed by atoms with Crippen molar-refractivity contribution >= 4 is 41.0 Å². The van der Waals surface area contributed by atoms with Gasteiger partial charge in [-0.3, -0.25) is 14.6 Å². The van der Waals surface area contributed by atoms with E-state index in [-0.39, 0.29) is 18.5 Å². The molecule has 3 amide bonds. The molecular weight excluding hydrogens is 426 g/mol. The number of urea groups is 1. The van der Waals surface area contributed by atoms with Crippen LogP contribution in [0.5, 0.6) is 0 Å². The number of imide groups is 1. The van der Waals surface area contributed by atoms with Crippen molar-refractivity contribution in [3.8, 4) is 0 Å². The summed E-state index contributed by atoms with van der Waals surface area (Å²) in [5.74, 6) is 1.32. The molecule has 1 fully saturated rings. The molecule has 2 aromatic rings. The van der Waals surface area contributed by atoms with Gasteiger partial charge in [0.05, 0.1) is 19.6 Å². The first-order valence-corrected chi connectivity index (χ1v) is 11.1. The predicted octanol–water partition coefficient (Wildman–Crippen LogP) is 3.35. The maximum Gasteiger partial charge on any atom is 0.397 e. The number of amides is 3. The molecule has 3 aliphatic heterocycles. The highest BCUT2D eigenvalue weighted by molar-refractivity contribution is 6.30. The molecule has 0 aliphatic carbocycles. The van der Waals surface area contributed by atoms with Crippen molar-refractivity contribution in [3.05, 3.63) is 64.7 Å². The van der Waals surface area contributed by atoms with Crippen molar-refractivity contribution in [2.24, 2.45) is 10.9 Å². The van der Waals surface area contributed by atoms with Gasteiger partial charge in [0.15, 0.2) is 0 Å². The number of hydrogen-bond acceptors (Lipinski definition) is 4. The summed E-state index contributed by atoms with van der Waals surface area (Å²) in [6.45, 7) is 5.96. The number of amidine groups is 1. The molecule has 2 unspecified atom stereocenters. The first-order chi connectivity index (χ1) is 15.3. The van der Waals surface area contributed by atoms with Crippen molar-refractivity contribution < 1.29 is 14.2 Å². The van der Waals surface area contributed by atoms with Gasteiger partial charge < -0.3 is 0 Å². The molecule has 0 bridgehead atoms. The molecule has 8 heteroatoms. The molecule has 5 rings (SSSR count).